The fourth-order valence-electron chi connectivity index (χ4n) is 15.7. The molecule has 5 fully saturated rings. The van der Waals surface area contributed by atoms with Gasteiger partial charge < -0.3 is 26.2 Å². The zero-order valence-corrected chi connectivity index (χ0v) is 39.3. The molecule has 5 saturated carbocycles. The molecular formula is C52H81N3O6. The van der Waals surface area contributed by atoms with Gasteiger partial charge in [0, 0.05) is 43.0 Å². The van der Waals surface area contributed by atoms with Gasteiger partial charge in [0.05, 0.1) is 24.0 Å². The van der Waals surface area contributed by atoms with Gasteiger partial charge in [0.2, 0.25) is 11.8 Å². The molecule has 1 heterocycles. The van der Waals surface area contributed by atoms with E-state index in [-0.39, 0.29) is 63.1 Å². The highest BCUT2D eigenvalue weighted by atomic mass is 16.4. The van der Waals surface area contributed by atoms with Crippen molar-refractivity contribution in [2.24, 2.45) is 62.1 Å². The van der Waals surface area contributed by atoms with Gasteiger partial charge in [-0.1, -0.05) is 99.8 Å². The maximum Gasteiger partial charge on any atom is 0.306 e. The van der Waals surface area contributed by atoms with Gasteiger partial charge >= 0.3 is 5.97 Å². The Morgan fingerprint density at radius 1 is 0.852 bits per heavy atom. The molecule has 0 aromatic heterocycles. The minimum atomic E-state index is -1.11. The number of para-hydroxylation sites is 1. The van der Waals surface area contributed by atoms with Gasteiger partial charge in [-0.2, -0.15) is 0 Å². The first-order valence-electron chi connectivity index (χ1n) is 24.5. The molecule has 12 atom stereocenters. The van der Waals surface area contributed by atoms with Crippen molar-refractivity contribution < 1.29 is 29.4 Å². The number of benzene rings is 1. The Morgan fingerprint density at radius 2 is 1.54 bits per heavy atom. The summed E-state index contributed by atoms with van der Waals surface area (Å²) < 4.78 is 0. The Hall–Kier alpha value is -2.94. The molecule has 0 bridgehead atoms. The van der Waals surface area contributed by atoms with Crippen LogP contribution in [0.5, 0.6) is 0 Å². The Labute approximate surface area is 367 Å². The van der Waals surface area contributed by atoms with E-state index < -0.39 is 23.5 Å². The van der Waals surface area contributed by atoms with Gasteiger partial charge in [-0.05, 0) is 133 Å². The number of hydrogen-bond acceptors (Lipinski definition) is 6. The van der Waals surface area contributed by atoms with E-state index in [1.807, 2.05) is 13.8 Å². The lowest BCUT2D eigenvalue weighted by Gasteiger charge is -2.73. The number of aliphatic carboxylic acids is 1. The number of carbonyl (C=O) groups excluding carboxylic acids is 3. The van der Waals surface area contributed by atoms with Gasteiger partial charge in [0.25, 0.3) is 0 Å². The number of aliphatic hydroxyl groups excluding tert-OH is 1. The molecule has 0 spiro atoms. The van der Waals surface area contributed by atoms with E-state index in [0.717, 1.165) is 77.0 Å². The third-order valence-corrected chi connectivity index (χ3v) is 19.0. The van der Waals surface area contributed by atoms with Gasteiger partial charge in [-0.25, -0.2) is 0 Å². The lowest BCUT2D eigenvalue weighted by atomic mass is 9.30. The van der Waals surface area contributed by atoms with Crippen molar-refractivity contribution in [3.05, 3.63) is 29.8 Å². The number of amides is 2. The van der Waals surface area contributed by atoms with Crippen LogP contribution in [0.1, 0.15) is 183 Å². The van der Waals surface area contributed by atoms with Crippen molar-refractivity contribution >= 4 is 29.3 Å². The van der Waals surface area contributed by atoms with Crippen molar-refractivity contribution in [1.29, 1.82) is 0 Å². The van der Waals surface area contributed by atoms with E-state index in [0.29, 0.717) is 55.4 Å². The number of carboxylic acid groups (broad SMARTS) is 1. The predicted molar refractivity (Wildman–Crippen MR) is 242 cm³/mol. The molecule has 0 saturated heterocycles. The summed E-state index contributed by atoms with van der Waals surface area (Å²) in [4.78, 5) is 53.8. The van der Waals surface area contributed by atoms with E-state index in [9.17, 15) is 19.5 Å². The highest BCUT2D eigenvalue weighted by molar-refractivity contribution is 5.88. The molecule has 1 aromatic carbocycles. The van der Waals surface area contributed by atoms with E-state index in [1.165, 1.54) is 17.7 Å². The van der Waals surface area contributed by atoms with Crippen LogP contribution in [-0.2, 0) is 19.2 Å². The predicted octanol–water partition coefficient (Wildman–Crippen LogP) is 10.1. The number of ketones is 1. The lowest BCUT2D eigenvalue weighted by Crippen LogP contribution is -2.70. The summed E-state index contributed by atoms with van der Waals surface area (Å²) in [6.45, 7) is 22.0. The number of fused-ring (bicyclic) bond motifs is 10. The molecule has 5 N–H and O–H groups in total. The van der Waals surface area contributed by atoms with Crippen molar-refractivity contribution in [2.75, 3.05) is 11.9 Å². The number of carbonyl (C=O) groups is 4. The van der Waals surface area contributed by atoms with Crippen LogP contribution in [-0.4, -0.2) is 58.5 Å². The fraction of sp³-hybridized carbons (Fsp3) is 0.808. The van der Waals surface area contributed by atoms with Crippen LogP contribution < -0.4 is 16.0 Å². The number of rotatable bonds is 15. The Balaban J connectivity index is 0.982. The smallest absolute Gasteiger partial charge is 0.306 e. The number of unbranched alkanes of at least 4 members (excludes halogenated alkanes) is 4. The normalized spacial score (nSPS) is 37.7. The van der Waals surface area contributed by atoms with Crippen LogP contribution in [0.15, 0.2) is 24.3 Å². The van der Waals surface area contributed by atoms with E-state index in [2.05, 4.69) is 88.7 Å². The largest absolute Gasteiger partial charge is 0.481 e. The maximum atomic E-state index is 15.3. The third-order valence-electron chi connectivity index (χ3n) is 19.0. The Morgan fingerprint density at radius 3 is 2.26 bits per heavy atom. The number of anilines is 1. The monoisotopic (exact) mass is 844 g/mol. The van der Waals surface area contributed by atoms with Crippen LogP contribution in [0.25, 0.3) is 0 Å². The number of nitrogens with one attached hydrogen (secondary N) is 3. The first kappa shape index (κ1) is 46.1. The van der Waals surface area contributed by atoms with Gasteiger partial charge in [0.1, 0.15) is 5.78 Å². The molecule has 1 aliphatic heterocycles. The van der Waals surface area contributed by atoms with E-state index in [4.69, 9.17) is 5.11 Å². The summed E-state index contributed by atoms with van der Waals surface area (Å²) in [5.74, 6) is 0.876. The molecule has 5 aliphatic carbocycles. The standard InChI is InChI=1S/C52H81N3O6/c1-32(2)27-37(38(56)29-43(59)60)54-42(58)19-13-11-10-12-16-26-53-46(61)52-24-22-47(3,4)31-35(52)44-39(57)28-41-49(7)30-34-33-17-14-15-18-36(33)55-45(34)48(5,6)40(49)20-21-50(41,8)51(44,9)23-25-52/h14-15,17-18,32,34-35,37-38,40-41,44-45,55-56H,10-13,16,19-31H2,1-9H3,(H,53,61)(H,54,58)(H,59,60)/t34?,35-,37-,38+,40-,41+,44?,45?,49-,50+,51+,52-/m0/s1. The Kier molecular flexibility index (Phi) is 12.7. The van der Waals surface area contributed by atoms with Crippen LogP contribution in [0.4, 0.5) is 5.69 Å². The fourth-order valence-corrected chi connectivity index (χ4v) is 15.7. The van der Waals surface area contributed by atoms with Gasteiger partial charge in [0.15, 0.2) is 0 Å². The lowest BCUT2D eigenvalue weighted by molar-refractivity contribution is -0.237. The molecule has 6 aliphatic rings. The second-order valence-electron chi connectivity index (χ2n) is 23.8. The van der Waals surface area contributed by atoms with Crippen molar-refractivity contribution in [1.82, 2.24) is 10.6 Å². The molecule has 9 heteroatoms. The van der Waals surface area contributed by atoms with Crippen molar-refractivity contribution in [3.63, 3.8) is 0 Å². The van der Waals surface area contributed by atoms with Crippen LogP contribution in [0.3, 0.4) is 0 Å². The van der Waals surface area contributed by atoms with Crippen molar-refractivity contribution in [3.8, 4) is 0 Å². The summed E-state index contributed by atoms with van der Waals surface area (Å²) in [6.07, 6.45) is 12.5. The number of hydrogen-bond donors (Lipinski definition) is 5. The molecule has 61 heavy (non-hydrogen) atoms. The summed E-state index contributed by atoms with van der Waals surface area (Å²) in [5.41, 5.74) is 2.36. The van der Waals surface area contributed by atoms with E-state index >= 15 is 4.79 Å². The van der Waals surface area contributed by atoms with Gasteiger partial charge in [-0.15, -0.1) is 0 Å². The first-order chi connectivity index (χ1) is 28.6. The zero-order valence-electron chi connectivity index (χ0n) is 39.3. The highest BCUT2D eigenvalue weighted by Gasteiger charge is 2.74. The van der Waals surface area contributed by atoms with Crippen LogP contribution >= 0.6 is 0 Å². The minimum absolute atomic E-state index is 0.0214. The summed E-state index contributed by atoms with van der Waals surface area (Å²) >= 11 is 0. The molecule has 2 amide bonds. The molecular weight excluding hydrogens is 763 g/mol. The summed E-state index contributed by atoms with van der Waals surface area (Å²) in [5, 5.41) is 29.8. The molecule has 9 nitrogen and oxygen atoms in total. The number of carboxylic acids is 1. The van der Waals surface area contributed by atoms with Crippen molar-refractivity contribution in [2.45, 2.75) is 196 Å². The Bertz CT molecular complexity index is 1820. The second-order valence-corrected chi connectivity index (χ2v) is 23.8. The molecule has 7 rings (SSSR count). The number of Topliss-reactive ketones (excluding diaryl/α,β-unsaturated/α-hetero) is 1. The first-order valence-corrected chi connectivity index (χ1v) is 24.5. The topological polar surface area (TPSA) is 145 Å². The SMILES string of the molecule is CC(C)C[C@H](NC(=O)CCCCCCCNC(=O)[C@]12CCC(C)(C)C[C@H]1C1C(=O)C[C@@H]3[C@@]4(C)CC5c6ccccc6NC5C(C)(C)[C@@H]4CC[C@@]3(C)[C@]1(C)CC2)[C@H](O)CC(=O)O. The molecule has 1 aromatic rings. The average Bonchev–Trinajstić information content (AvgIpc) is 3.54. The quantitative estimate of drug-likeness (QED) is 0.111. The van der Waals surface area contributed by atoms with Gasteiger partial charge in [-0.3, -0.25) is 19.2 Å². The minimum Gasteiger partial charge on any atom is -0.481 e. The van der Waals surface area contributed by atoms with Crippen LogP contribution in [0.2, 0.25) is 0 Å². The van der Waals surface area contributed by atoms with Crippen LogP contribution in [0, 0.1) is 62.1 Å². The molecule has 340 valence electrons. The zero-order chi connectivity index (χ0) is 44.3. The summed E-state index contributed by atoms with van der Waals surface area (Å²) in [6, 6.07) is 8.79. The summed E-state index contributed by atoms with van der Waals surface area (Å²) in [7, 11) is 0. The third kappa shape index (κ3) is 8.11. The highest BCUT2D eigenvalue weighted by Crippen LogP contribution is 2.77. The average molecular weight is 844 g/mol. The molecule has 0 radical (unpaired) electrons. The molecule has 3 unspecified atom stereocenters. The second kappa shape index (κ2) is 16.9. The van der Waals surface area contributed by atoms with E-state index in [1.54, 1.807) is 0 Å². The number of aliphatic hydroxyl groups is 1. The maximum absolute atomic E-state index is 15.3.